The minimum Gasteiger partial charge on any atom is -0.479 e. The van der Waals surface area contributed by atoms with Crippen LogP contribution in [0.5, 0.6) is 5.75 Å². The van der Waals surface area contributed by atoms with E-state index in [0.29, 0.717) is 17.7 Å². The van der Waals surface area contributed by atoms with Crippen molar-refractivity contribution in [3.8, 4) is 5.75 Å². The van der Waals surface area contributed by atoms with Gasteiger partial charge in [0.15, 0.2) is 6.10 Å². The molecule has 0 amide bonds. The second kappa shape index (κ2) is 5.86. The Morgan fingerprint density at radius 3 is 2.75 bits per heavy atom. The van der Waals surface area contributed by atoms with Gasteiger partial charge in [0, 0.05) is 10.0 Å². The molecule has 0 aliphatic rings. The first-order valence-corrected chi connectivity index (χ1v) is 5.66. The number of carbonyl (C=O) groups is 1. The summed E-state index contributed by atoms with van der Waals surface area (Å²) in [6.45, 7) is 1.54. The van der Waals surface area contributed by atoms with Crippen molar-refractivity contribution in [2.45, 2.75) is 26.1 Å². The van der Waals surface area contributed by atoms with Crippen LogP contribution in [-0.4, -0.2) is 22.3 Å². The van der Waals surface area contributed by atoms with Gasteiger partial charge in [0.2, 0.25) is 0 Å². The van der Waals surface area contributed by atoms with Crippen molar-refractivity contribution >= 4 is 21.9 Å². The summed E-state index contributed by atoms with van der Waals surface area (Å²) >= 11 is 3.27. The summed E-state index contributed by atoms with van der Waals surface area (Å²) in [5.74, 6) is -0.603. The SMILES string of the molecule is CCC(Oc1ccc(Br)cc1CO)C(=O)O. The third-order valence-corrected chi connectivity index (χ3v) is 2.60. The van der Waals surface area contributed by atoms with Gasteiger partial charge in [-0.3, -0.25) is 0 Å². The molecule has 1 atom stereocenters. The molecule has 88 valence electrons. The fourth-order valence-corrected chi connectivity index (χ4v) is 1.66. The fraction of sp³-hybridized carbons (Fsp3) is 0.364. The monoisotopic (exact) mass is 288 g/mol. The minimum atomic E-state index is -1.01. The van der Waals surface area contributed by atoms with Gasteiger partial charge in [-0.1, -0.05) is 22.9 Å². The smallest absolute Gasteiger partial charge is 0.344 e. The third kappa shape index (κ3) is 3.21. The summed E-state index contributed by atoms with van der Waals surface area (Å²) in [4.78, 5) is 10.8. The molecule has 0 aliphatic carbocycles. The van der Waals surface area contributed by atoms with E-state index < -0.39 is 12.1 Å². The van der Waals surface area contributed by atoms with E-state index in [0.717, 1.165) is 4.47 Å². The lowest BCUT2D eigenvalue weighted by Gasteiger charge is -2.15. The standard InChI is InChI=1S/C11H13BrO4/c1-2-9(11(14)15)16-10-4-3-8(12)5-7(10)6-13/h3-5,9,13H,2,6H2,1H3,(H,14,15). The van der Waals surface area contributed by atoms with Gasteiger partial charge in [-0.25, -0.2) is 4.79 Å². The first-order valence-electron chi connectivity index (χ1n) is 4.87. The highest BCUT2D eigenvalue weighted by atomic mass is 79.9. The molecule has 0 saturated carbocycles. The molecule has 0 aliphatic heterocycles. The third-order valence-electron chi connectivity index (χ3n) is 2.11. The zero-order valence-corrected chi connectivity index (χ0v) is 10.4. The van der Waals surface area contributed by atoms with Crippen LogP contribution >= 0.6 is 15.9 Å². The van der Waals surface area contributed by atoms with Crippen molar-refractivity contribution in [2.24, 2.45) is 0 Å². The number of hydrogen-bond acceptors (Lipinski definition) is 3. The van der Waals surface area contributed by atoms with E-state index in [1.54, 1.807) is 25.1 Å². The van der Waals surface area contributed by atoms with Crippen LogP contribution in [0.3, 0.4) is 0 Å². The molecule has 5 heteroatoms. The summed E-state index contributed by atoms with van der Waals surface area (Å²) in [5, 5.41) is 18.0. The molecular formula is C11H13BrO4. The van der Waals surface area contributed by atoms with Crippen LogP contribution in [0, 0.1) is 0 Å². The molecule has 4 nitrogen and oxygen atoms in total. The lowest BCUT2D eigenvalue weighted by atomic mass is 10.2. The maximum atomic E-state index is 10.8. The van der Waals surface area contributed by atoms with E-state index in [2.05, 4.69) is 15.9 Å². The van der Waals surface area contributed by atoms with Crippen LogP contribution < -0.4 is 4.74 Å². The molecule has 16 heavy (non-hydrogen) atoms. The second-order valence-electron chi connectivity index (χ2n) is 3.26. The average molecular weight is 289 g/mol. The van der Waals surface area contributed by atoms with Crippen molar-refractivity contribution in [1.29, 1.82) is 0 Å². The van der Waals surface area contributed by atoms with E-state index >= 15 is 0 Å². The van der Waals surface area contributed by atoms with Crippen molar-refractivity contribution < 1.29 is 19.7 Å². The summed E-state index contributed by atoms with van der Waals surface area (Å²) < 4.78 is 6.13. The molecule has 0 bridgehead atoms. The van der Waals surface area contributed by atoms with Gasteiger partial charge < -0.3 is 14.9 Å². The van der Waals surface area contributed by atoms with Crippen LogP contribution in [0.2, 0.25) is 0 Å². The summed E-state index contributed by atoms with van der Waals surface area (Å²) in [5.41, 5.74) is 0.564. The number of aliphatic hydroxyl groups is 1. The quantitative estimate of drug-likeness (QED) is 0.872. The van der Waals surface area contributed by atoms with Crippen molar-refractivity contribution in [3.63, 3.8) is 0 Å². The molecule has 1 aromatic rings. The Hall–Kier alpha value is -1.07. The number of benzene rings is 1. The Morgan fingerprint density at radius 2 is 2.25 bits per heavy atom. The van der Waals surface area contributed by atoms with Crippen LogP contribution in [0.4, 0.5) is 0 Å². The van der Waals surface area contributed by atoms with Gasteiger partial charge in [-0.05, 0) is 24.6 Å². The largest absolute Gasteiger partial charge is 0.479 e. The van der Waals surface area contributed by atoms with E-state index in [9.17, 15) is 4.79 Å². The van der Waals surface area contributed by atoms with E-state index in [-0.39, 0.29) is 6.61 Å². The Balaban J connectivity index is 2.91. The first kappa shape index (κ1) is 13.0. The van der Waals surface area contributed by atoms with E-state index in [1.165, 1.54) is 0 Å². The molecule has 0 heterocycles. The van der Waals surface area contributed by atoms with Gasteiger partial charge in [0.25, 0.3) is 0 Å². The highest BCUT2D eigenvalue weighted by molar-refractivity contribution is 9.10. The minimum absolute atomic E-state index is 0.190. The van der Waals surface area contributed by atoms with E-state index in [1.807, 2.05) is 0 Å². The maximum absolute atomic E-state index is 10.8. The highest BCUT2D eigenvalue weighted by Gasteiger charge is 2.18. The lowest BCUT2D eigenvalue weighted by Crippen LogP contribution is -2.26. The zero-order chi connectivity index (χ0) is 12.1. The highest BCUT2D eigenvalue weighted by Crippen LogP contribution is 2.24. The van der Waals surface area contributed by atoms with Gasteiger partial charge >= 0.3 is 5.97 Å². The zero-order valence-electron chi connectivity index (χ0n) is 8.81. The second-order valence-corrected chi connectivity index (χ2v) is 4.18. The van der Waals surface area contributed by atoms with Gasteiger partial charge in [-0.15, -0.1) is 0 Å². The molecule has 0 radical (unpaired) electrons. The molecule has 0 saturated heterocycles. The number of aliphatic carboxylic acids is 1. The molecule has 0 aromatic heterocycles. The molecule has 2 N–H and O–H groups in total. The van der Waals surface area contributed by atoms with Crippen molar-refractivity contribution in [2.75, 3.05) is 0 Å². The Labute approximate surface area is 102 Å². The van der Waals surface area contributed by atoms with Crippen LogP contribution in [-0.2, 0) is 11.4 Å². The number of halogens is 1. The Kier molecular flexibility index (Phi) is 4.76. The molecule has 1 unspecified atom stereocenters. The maximum Gasteiger partial charge on any atom is 0.344 e. The van der Waals surface area contributed by atoms with Crippen LogP contribution in [0.15, 0.2) is 22.7 Å². The number of carboxylic acid groups (broad SMARTS) is 1. The Morgan fingerprint density at radius 1 is 1.56 bits per heavy atom. The van der Waals surface area contributed by atoms with Crippen LogP contribution in [0.25, 0.3) is 0 Å². The number of hydrogen-bond donors (Lipinski definition) is 2. The van der Waals surface area contributed by atoms with Gasteiger partial charge in [-0.2, -0.15) is 0 Å². The molecule has 0 fully saturated rings. The summed E-state index contributed by atoms with van der Waals surface area (Å²) in [7, 11) is 0. The number of aliphatic hydroxyl groups excluding tert-OH is 1. The summed E-state index contributed by atoms with van der Waals surface area (Å²) in [6.07, 6.45) is -0.512. The molecular weight excluding hydrogens is 276 g/mol. The van der Waals surface area contributed by atoms with Crippen LogP contribution in [0.1, 0.15) is 18.9 Å². The first-order chi connectivity index (χ1) is 7.58. The average Bonchev–Trinajstić information content (AvgIpc) is 2.26. The van der Waals surface area contributed by atoms with Gasteiger partial charge in [0.1, 0.15) is 5.75 Å². The van der Waals surface area contributed by atoms with Crippen molar-refractivity contribution in [1.82, 2.24) is 0 Å². The fourth-order valence-electron chi connectivity index (χ4n) is 1.25. The normalized spacial score (nSPS) is 12.2. The predicted molar refractivity (Wildman–Crippen MR) is 62.4 cm³/mol. The summed E-state index contributed by atoms with van der Waals surface area (Å²) in [6, 6.07) is 5.08. The molecule has 1 aromatic carbocycles. The predicted octanol–water partition coefficient (Wildman–Crippen LogP) is 2.18. The topological polar surface area (TPSA) is 66.8 Å². The number of rotatable bonds is 5. The number of carboxylic acids is 1. The number of ether oxygens (including phenoxy) is 1. The van der Waals surface area contributed by atoms with Crippen molar-refractivity contribution in [3.05, 3.63) is 28.2 Å². The lowest BCUT2D eigenvalue weighted by molar-refractivity contribution is -0.145. The van der Waals surface area contributed by atoms with Gasteiger partial charge in [0.05, 0.1) is 6.61 Å². The molecule has 1 rings (SSSR count). The molecule has 0 spiro atoms. The van der Waals surface area contributed by atoms with E-state index in [4.69, 9.17) is 14.9 Å². The Bertz CT molecular complexity index is 378.